The predicted octanol–water partition coefficient (Wildman–Crippen LogP) is 1.88. The van der Waals surface area contributed by atoms with Gasteiger partial charge in [0.05, 0.1) is 12.7 Å². The molecule has 0 bridgehead atoms. The third kappa shape index (κ3) is 1.66. The number of carbonyl (C=O) groups excluding carboxylic acids is 2. The van der Waals surface area contributed by atoms with Gasteiger partial charge in [-0.2, -0.15) is 0 Å². The molecule has 14 heavy (non-hydrogen) atoms. The highest BCUT2D eigenvalue weighted by molar-refractivity contribution is 5.86. The summed E-state index contributed by atoms with van der Waals surface area (Å²) in [6.07, 6.45) is 2.17. The van der Waals surface area contributed by atoms with Gasteiger partial charge >= 0.3 is 0 Å². The minimum absolute atomic E-state index is 0.481. The number of aldehydes is 2. The number of rotatable bonds is 4. The van der Waals surface area contributed by atoms with Crippen molar-refractivity contribution in [3.8, 4) is 5.75 Å². The molecule has 0 fully saturated rings. The van der Waals surface area contributed by atoms with Gasteiger partial charge in [-0.15, -0.1) is 0 Å². The van der Waals surface area contributed by atoms with Crippen LogP contribution in [0.4, 0.5) is 0 Å². The van der Waals surface area contributed by atoms with Crippen molar-refractivity contribution < 1.29 is 14.3 Å². The molecule has 0 spiro atoms. The molecule has 0 heterocycles. The lowest BCUT2D eigenvalue weighted by Gasteiger charge is -2.10. The van der Waals surface area contributed by atoms with E-state index in [0.717, 1.165) is 18.1 Å². The molecule has 0 aromatic heterocycles. The minimum atomic E-state index is 0.481. The highest BCUT2D eigenvalue weighted by Gasteiger charge is 2.11. The number of hydrogen-bond donors (Lipinski definition) is 0. The van der Waals surface area contributed by atoms with Crippen molar-refractivity contribution in [1.29, 1.82) is 0 Å². The molecule has 0 aliphatic heterocycles. The van der Waals surface area contributed by atoms with Crippen LogP contribution in [0.25, 0.3) is 0 Å². The SMILES string of the molecule is CCc1c(C=O)ccc(C=O)c1OC. The Morgan fingerprint density at radius 3 is 2.21 bits per heavy atom. The van der Waals surface area contributed by atoms with Crippen LogP contribution in [0.2, 0.25) is 0 Å². The molecule has 0 saturated heterocycles. The van der Waals surface area contributed by atoms with Gasteiger partial charge in [-0.25, -0.2) is 0 Å². The van der Waals surface area contributed by atoms with E-state index in [-0.39, 0.29) is 0 Å². The van der Waals surface area contributed by atoms with E-state index in [1.54, 1.807) is 12.1 Å². The molecule has 1 rings (SSSR count). The van der Waals surface area contributed by atoms with Crippen molar-refractivity contribution in [1.82, 2.24) is 0 Å². The monoisotopic (exact) mass is 192 g/mol. The van der Waals surface area contributed by atoms with E-state index in [1.807, 2.05) is 6.92 Å². The smallest absolute Gasteiger partial charge is 0.153 e. The summed E-state index contributed by atoms with van der Waals surface area (Å²) in [7, 11) is 1.50. The lowest BCUT2D eigenvalue weighted by molar-refractivity contribution is 0.110. The molecule has 3 heteroatoms. The lowest BCUT2D eigenvalue weighted by atomic mass is 10.0. The van der Waals surface area contributed by atoms with Gasteiger partial charge in [0, 0.05) is 11.1 Å². The van der Waals surface area contributed by atoms with Gasteiger partial charge in [-0.1, -0.05) is 13.0 Å². The van der Waals surface area contributed by atoms with E-state index in [4.69, 9.17) is 4.74 Å². The van der Waals surface area contributed by atoms with Crippen molar-refractivity contribution in [2.45, 2.75) is 13.3 Å². The van der Waals surface area contributed by atoms with Crippen LogP contribution < -0.4 is 4.74 Å². The Bertz CT molecular complexity index is 321. The van der Waals surface area contributed by atoms with Gasteiger partial charge in [0.15, 0.2) is 6.29 Å². The quantitative estimate of drug-likeness (QED) is 0.684. The summed E-state index contributed by atoms with van der Waals surface area (Å²) in [6, 6.07) is 3.23. The highest BCUT2D eigenvalue weighted by Crippen LogP contribution is 2.25. The van der Waals surface area contributed by atoms with Crippen molar-refractivity contribution in [2.24, 2.45) is 0 Å². The largest absolute Gasteiger partial charge is 0.496 e. The molecule has 1 aromatic rings. The van der Waals surface area contributed by atoms with Gasteiger partial charge < -0.3 is 4.74 Å². The van der Waals surface area contributed by atoms with Crippen molar-refractivity contribution in [2.75, 3.05) is 7.11 Å². The molecule has 0 saturated carbocycles. The first-order valence-corrected chi connectivity index (χ1v) is 4.38. The maximum atomic E-state index is 10.7. The normalized spacial score (nSPS) is 9.57. The van der Waals surface area contributed by atoms with Crippen LogP contribution in [0.1, 0.15) is 33.2 Å². The zero-order valence-electron chi connectivity index (χ0n) is 8.24. The molecule has 74 valence electrons. The summed E-state index contributed by atoms with van der Waals surface area (Å²) in [5, 5.41) is 0. The zero-order valence-corrected chi connectivity index (χ0v) is 8.24. The first-order chi connectivity index (χ1) is 6.78. The lowest BCUT2D eigenvalue weighted by Crippen LogP contribution is -2.00. The Labute approximate surface area is 82.7 Å². The number of benzene rings is 1. The van der Waals surface area contributed by atoms with E-state index in [2.05, 4.69) is 0 Å². The highest BCUT2D eigenvalue weighted by atomic mass is 16.5. The maximum Gasteiger partial charge on any atom is 0.153 e. The third-order valence-corrected chi connectivity index (χ3v) is 2.14. The van der Waals surface area contributed by atoms with Crippen LogP contribution in [0.5, 0.6) is 5.75 Å². The van der Waals surface area contributed by atoms with Crippen LogP contribution in [0.3, 0.4) is 0 Å². The fourth-order valence-corrected chi connectivity index (χ4v) is 1.47. The molecule has 0 aliphatic carbocycles. The van der Waals surface area contributed by atoms with Crippen molar-refractivity contribution >= 4 is 12.6 Å². The summed E-state index contributed by atoms with van der Waals surface area (Å²) in [6.45, 7) is 1.92. The Morgan fingerprint density at radius 1 is 1.21 bits per heavy atom. The zero-order chi connectivity index (χ0) is 10.6. The second kappa shape index (κ2) is 4.56. The summed E-state index contributed by atoms with van der Waals surface area (Å²) >= 11 is 0. The van der Waals surface area contributed by atoms with Gasteiger partial charge in [-0.3, -0.25) is 9.59 Å². The van der Waals surface area contributed by atoms with E-state index in [1.165, 1.54) is 7.11 Å². The molecule has 0 aliphatic rings. The number of ether oxygens (including phenoxy) is 1. The molecule has 3 nitrogen and oxygen atoms in total. The molecular weight excluding hydrogens is 180 g/mol. The molecule has 0 N–H and O–H groups in total. The van der Waals surface area contributed by atoms with Crippen molar-refractivity contribution in [3.63, 3.8) is 0 Å². The molecule has 0 atom stereocenters. The van der Waals surface area contributed by atoms with Crippen molar-refractivity contribution in [3.05, 3.63) is 28.8 Å². The van der Waals surface area contributed by atoms with E-state index >= 15 is 0 Å². The van der Waals surface area contributed by atoms with Crippen LogP contribution >= 0.6 is 0 Å². The van der Waals surface area contributed by atoms with Crippen LogP contribution in [-0.2, 0) is 6.42 Å². The summed E-state index contributed by atoms with van der Waals surface area (Å²) in [5.74, 6) is 0.507. The Kier molecular flexibility index (Phi) is 3.40. The third-order valence-electron chi connectivity index (χ3n) is 2.14. The molecule has 0 unspecified atom stereocenters. The molecule has 0 amide bonds. The Hall–Kier alpha value is -1.64. The fraction of sp³-hybridized carbons (Fsp3) is 0.273. The number of hydrogen-bond acceptors (Lipinski definition) is 3. The Morgan fingerprint density at radius 2 is 1.79 bits per heavy atom. The maximum absolute atomic E-state index is 10.7. The fourth-order valence-electron chi connectivity index (χ4n) is 1.47. The number of carbonyl (C=O) groups is 2. The average molecular weight is 192 g/mol. The van der Waals surface area contributed by atoms with Crippen LogP contribution in [0.15, 0.2) is 12.1 Å². The summed E-state index contributed by atoms with van der Waals surface area (Å²) in [5.41, 5.74) is 1.84. The molecule has 1 aromatic carbocycles. The molecule has 0 radical (unpaired) electrons. The first-order valence-electron chi connectivity index (χ1n) is 4.38. The van der Waals surface area contributed by atoms with Gasteiger partial charge in [0.25, 0.3) is 0 Å². The van der Waals surface area contributed by atoms with E-state index in [9.17, 15) is 9.59 Å². The Balaban J connectivity index is 3.42. The van der Waals surface area contributed by atoms with Gasteiger partial charge in [-0.05, 0) is 12.5 Å². The number of methoxy groups -OCH3 is 1. The average Bonchev–Trinajstić information content (AvgIpc) is 2.26. The summed E-state index contributed by atoms with van der Waals surface area (Å²) in [4.78, 5) is 21.4. The predicted molar refractivity (Wildman–Crippen MR) is 53.1 cm³/mol. The van der Waals surface area contributed by atoms with Crippen LogP contribution in [-0.4, -0.2) is 19.7 Å². The van der Waals surface area contributed by atoms with Gasteiger partial charge in [0.2, 0.25) is 0 Å². The van der Waals surface area contributed by atoms with E-state index in [0.29, 0.717) is 23.3 Å². The molecular formula is C11H12O3. The first kappa shape index (κ1) is 10.4. The summed E-state index contributed by atoms with van der Waals surface area (Å²) < 4.78 is 5.11. The van der Waals surface area contributed by atoms with Gasteiger partial charge in [0.1, 0.15) is 12.0 Å². The standard InChI is InChI=1S/C11H12O3/c1-3-10-8(6-12)4-5-9(7-13)11(10)14-2/h4-7H,3H2,1-2H3. The topological polar surface area (TPSA) is 43.4 Å². The second-order valence-electron chi connectivity index (χ2n) is 2.85. The van der Waals surface area contributed by atoms with Crippen LogP contribution in [0, 0.1) is 0 Å². The van der Waals surface area contributed by atoms with E-state index < -0.39 is 0 Å². The second-order valence-corrected chi connectivity index (χ2v) is 2.85. The minimum Gasteiger partial charge on any atom is -0.496 e.